The lowest BCUT2D eigenvalue weighted by Crippen LogP contribution is -2.51. The third-order valence-electron chi connectivity index (χ3n) is 2.44. The molecule has 4 heteroatoms. The molecule has 0 saturated carbocycles. The van der Waals surface area contributed by atoms with Gasteiger partial charge in [0.2, 0.25) is 0 Å². The third kappa shape index (κ3) is 3.64. The van der Waals surface area contributed by atoms with Gasteiger partial charge in [-0.1, -0.05) is 20.3 Å². The highest BCUT2D eigenvalue weighted by Crippen LogP contribution is 2.10. The Labute approximate surface area is 86.8 Å². The van der Waals surface area contributed by atoms with E-state index in [9.17, 15) is 4.79 Å². The van der Waals surface area contributed by atoms with Gasteiger partial charge in [0.15, 0.2) is 0 Å². The summed E-state index contributed by atoms with van der Waals surface area (Å²) >= 11 is 0. The van der Waals surface area contributed by atoms with Crippen LogP contribution in [0.15, 0.2) is 0 Å². The average molecular weight is 201 g/mol. The summed E-state index contributed by atoms with van der Waals surface area (Å²) in [4.78, 5) is 13.7. The SMILES string of the molecule is CCCC(C(=O)NN)N(CC)C(C)C. The van der Waals surface area contributed by atoms with E-state index in [1.165, 1.54) is 0 Å². The second-order valence-electron chi connectivity index (χ2n) is 3.74. The van der Waals surface area contributed by atoms with E-state index in [-0.39, 0.29) is 11.9 Å². The molecule has 3 N–H and O–H groups in total. The van der Waals surface area contributed by atoms with Crippen LogP contribution in [-0.4, -0.2) is 29.4 Å². The predicted octanol–water partition coefficient (Wildman–Crippen LogP) is 0.875. The molecule has 84 valence electrons. The van der Waals surface area contributed by atoms with Crippen molar-refractivity contribution in [2.24, 2.45) is 5.84 Å². The van der Waals surface area contributed by atoms with Crippen LogP contribution in [0.1, 0.15) is 40.5 Å². The third-order valence-corrected chi connectivity index (χ3v) is 2.44. The zero-order valence-corrected chi connectivity index (χ0v) is 9.71. The lowest BCUT2D eigenvalue weighted by atomic mass is 10.1. The number of nitrogens with zero attached hydrogens (tertiary/aromatic N) is 1. The average Bonchev–Trinajstić information content (AvgIpc) is 2.16. The molecule has 1 atom stereocenters. The zero-order chi connectivity index (χ0) is 11.1. The molecule has 0 fully saturated rings. The molecule has 14 heavy (non-hydrogen) atoms. The van der Waals surface area contributed by atoms with E-state index in [4.69, 9.17) is 5.84 Å². The Bertz CT molecular complexity index is 171. The summed E-state index contributed by atoms with van der Waals surface area (Å²) in [5, 5.41) is 0. The fourth-order valence-electron chi connectivity index (χ4n) is 1.76. The fraction of sp³-hybridized carbons (Fsp3) is 0.900. The van der Waals surface area contributed by atoms with E-state index < -0.39 is 0 Å². The van der Waals surface area contributed by atoms with Crippen molar-refractivity contribution in [2.45, 2.75) is 52.6 Å². The zero-order valence-electron chi connectivity index (χ0n) is 9.71. The molecule has 0 aliphatic rings. The largest absolute Gasteiger partial charge is 0.293 e. The minimum absolute atomic E-state index is 0.0811. The molecule has 1 amide bonds. The van der Waals surface area contributed by atoms with Crippen LogP contribution in [-0.2, 0) is 4.79 Å². The molecular formula is C10H23N3O. The maximum Gasteiger partial charge on any atom is 0.251 e. The number of nitrogens with two attached hydrogens (primary N) is 1. The molecule has 1 unspecified atom stereocenters. The molecule has 0 bridgehead atoms. The highest BCUT2D eigenvalue weighted by Gasteiger charge is 2.24. The molecule has 0 aromatic heterocycles. The highest BCUT2D eigenvalue weighted by molar-refractivity contribution is 5.81. The molecule has 0 spiro atoms. The van der Waals surface area contributed by atoms with Gasteiger partial charge in [0.05, 0.1) is 6.04 Å². The number of amides is 1. The Morgan fingerprint density at radius 3 is 2.29 bits per heavy atom. The van der Waals surface area contributed by atoms with Crippen LogP contribution >= 0.6 is 0 Å². The Morgan fingerprint density at radius 1 is 1.43 bits per heavy atom. The fourth-order valence-corrected chi connectivity index (χ4v) is 1.76. The Morgan fingerprint density at radius 2 is 2.00 bits per heavy atom. The van der Waals surface area contributed by atoms with Crippen LogP contribution in [0.3, 0.4) is 0 Å². The first-order valence-electron chi connectivity index (χ1n) is 5.34. The van der Waals surface area contributed by atoms with Crippen LogP contribution in [0.2, 0.25) is 0 Å². The van der Waals surface area contributed by atoms with Gasteiger partial charge in [-0.3, -0.25) is 15.1 Å². The number of hydrogen-bond acceptors (Lipinski definition) is 3. The molecular weight excluding hydrogens is 178 g/mol. The van der Waals surface area contributed by atoms with E-state index >= 15 is 0 Å². The number of hydrogen-bond donors (Lipinski definition) is 2. The number of likely N-dealkylation sites (N-methyl/N-ethyl adjacent to an activating group) is 1. The predicted molar refractivity (Wildman–Crippen MR) is 58.5 cm³/mol. The van der Waals surface area contributed by atoms with E-state index in [0.717, 1.165) is 19.4 Å². The minimum atomic E-state index is -0.0880. The van der Waals surface area contributed by atoms with E-state index in [1.54, 1.807) is 0 Å². The molecule has 0 saturated heterocycles. The van der Waals surface area contributed by atoms with Crippen molar-refractivity contribution in [1.82, 2.24) is 10.3 Å². The first-order valence-corrected chi connectivity index (χ1v) is 5.34. The second-order valence-corrected chi connectivity index (χ2v) is 3.74. The standard InChI is InChI=1S/C10H23N3O/c1-5-7-9(10(14)12-11)13(6-2)8(3)4/h8-9H,5-7,11H2,1-4H3,(H,12,14). The van der Waals surface area contributed by atoms with Crippen molar-refractivity contribution in [3.8, 4) is 0 Å². The van der Waals surface area contributed by atoms with Crippen LogP contribution < -0.4 is 11.3 Å². The maximum atomic E-state index is 11.5. The lowest BCUT2D eigenvalue weighted by molar-refractivity contribution is -0.127. The molecule has 0 rings (SSSR count). The Hall–Kier alpha value is -0.610. The van der Waals surface area contributed by atoms with Gasteiger partial charge in [0.1, 0.15) is 0 Å². The van der Waals surface area contributed by atoms with Gasteiger partial charge < -0.3 is 0 Å². The summed E-state index contributed by atoms with van der Waals surface area (Å²) in [5.74, 6) is 5.09. The smallest absolute Gasteiger partial charge is 0.251 e. The number of hydrazine groups is 1. The summed E-state index contributed by atoms with van der Waals surface area (Å²) in [7, 11) is 0. The van der Waals surface area contributed by atoms with E-state index in [0.29, 0.717) is 6.04 Å². The highest BCUT2D eigenvalue weighted by atomic mass is 16.2. The van der Waals surface area contributed by atoms with Crippen molar-refractivity contribution in [1.29, 1.82) is 0 Å². The monoisotopic (exact) mass is 201 g/mol. The lowest BCUT2D eigenvalue weighted by Gasteiger charge is -2.32. The molecule has 0 aliphatic heterocycles. The normalized spacial score (nSPS) is 13.4. The van der Waals surface area contributed by atoms with Gasteiger partial charge in [-0.05, 0) is 26.8 Å². The molecule has 0 aromatic carbocycles. The van der Waals surface area contributed by atoms with Crippen LogP contribution in [0.4, 0.5) is 0 Å². The Balaban J connectivity index is 4.50. The molecule has 0 aliphatic carbocycles. The van der Waals surface area contributed by atoms with Crippen LogP contribution in [0.25, 0.3) is 0 Å². The quantitative estimate of drug-likeness (QED) is 0.381. The molecule has 4 nitrogen and oxygen atoms in total. The number of nitrogens with one attached hydrogen (secondary N) is 1. The summed E-state index contributed by atoms with van der Waals surface area (Å²) in [6.07, 6.45) is 1.84. The molecule has 0 heterocycles. The van der Waals surface area contributed by atoms with Gasteiger partial charge in [0, 0.05) is 6.04 Å². The first-order chi connectivity index (χ1) is 6.58. The van der Waals surface area contributed by atoms with Crippen molar-refractivity contribution >= 4 is 5.91 Å². The van der Waals surface area contributed by atoms with Gasteiger partial charge in [-0.25, -0.2) is 5.84 Å². The number of carbonyl (C=O) groups is 1. The summed E-state index contributed by atoms with van der Waals surface area (Å²) in [5.41, 5.74) is 2.24. The topological polar surface area (TPSA) is 58.4 Å². The Kier molecular flexibility index (Phi) is 6.49. The number of rotatable bonds is 6. The first kappa shape index (κ1) is 13.4. The van der Waals surface area contributed by atoms with Gasteiger partial charge >= 0.3 is 0 Å². The van der Waals surface area contributed by atoms with Gasteiger partial charge in [0.25, 0.3) is 5.91 Å². The summed E-state index contributed by atoms with van der Waals surface area (Å²) in [6, 6.07) is 0.281. The number of carbonyl (C=O) groups excluding carboxylic acids is 1. The van der Waals surface area contributed by atoms with Gasteiger partial charge in [-0.2, -0.15) is 0 Å². The minimum Gasteiger partial charge on any atom is -0.293 e. The molecule has 0 aromatic rings. The van der Waals surface area contributed by atoms with Crippen LogP contribution in [0.5, 0.6) is 0 Å². The second kappa shape index (κ2) is 6.79. The van der Waals surface area contributed by atoms with Crippen LogP contribution in [0, 0.1) is 0 Å². The van der Waals surface area contributed by atoms with E-state index in [2.05, 4.69) is 38.0 Å². The van der Waals surface area contributed by atoms with Crippen molar-refractivity contribution in [3.05, 3.63) is 0 Å². The summed E-state index contributed by atoms with van der Waals surface area (Å²) in [6.45, 7) is 9.19. The van der Waals surface area contributed by atoms with Crippen molar-refractivity contribution in [3.63, 3.8) is 0 Å². The van der Waals surface area contributed by atoms with Crippen molar-refractivity contribution in [2.75, 3.05) is 6.54 Å². The van der Waals surface area contributed by atoms with E-state index in [1.807, 2.05) is 0 Å². The maximum absolute atomic E-state index is 11.5. The van der Waals surface area contributed by atoms with Crippen molar-refractivity contribution < 1.29 is 4.79 Å². The molecule has 0 radical (unpaired) electrons. The van der Waals surface area contributed by atoms with Gasteiger partial charge in [-0.15, -0.1) is 0 Å². The summed E-state index contributed by atoms with van der Waals surface area (Å²) < 4.78 is 0.